The van der Waals surface area contributed by atoms with Crippen molar-refractivity contribution in [1.82, 2.24) is 0 Å². The van der Waals surface area contributed by atoms with Gasteiger partial charge in [0.25, 0.3) is 0 Å². The normalized spacial score (nSPS) is 15.4. The fourth-order valence-corrected chi connectivity index (χ4v) is 9.37. The Morgan fingerprint density at radius 2 is 1.17 bits per heavy atom. The molecule has 378 valence electrons. The molecule has 0 aliphatic carbocycles. The maximum Gasteiger partial charge on any atom is 0.125 e. The minimum absolute atomic E-state index is 0.406. The largest absolute Gasteiger partial charge is 0.489 e. The summed E-state index contributed by atoms with van der Waals surface area (Å²) in [5.74, 6) is 0.794. The van der Waals surface area contributed by atoms with Gasteiger partial charge < -0.3 is 19.4 Å². The summed E-state index contributed by atoms with van der Waals surface area (Å²) in [5, 5.41) is 0. The molecule has 0 radical (unpaired) electrons. The summed E-state index contributed by atoms with van der Waals surface area (Å²) in [6.45, 7) is 31.8. The molecule has 4 heteroatoms. The Morgan fingerprint density at radius 3 is 1.75 bits per heavy atom. The third kappa shape index (κ3) is 13.2. The zero-order valence-electron chi connectivity index (χ0n) is 44.9. The monoisotopic (exact) mass is 984 g/mol. The zero-order valence-corrected chi connectivity index (χ0v) is 44.9. The van der Waals surface area contributed by atoms with Gasteiger partial charge in [0.15, 0.2) is 0 Å². The average Bonchev–Trinajstić information content (AvgIpc) is 3.47. The van der Waals surface area contributed by atoms with Crippen LogP contribution in [0.5, 0.6) is 5.75 Å². The van der Waals surface area contributed by atoms with Crippen LogP contribution in [-0.2, 0) is 12.0 Å². The van der Waals surface area contributed by atoms with Crippen LogP contribution in [0.4, 0.5) is 22.7 Å². The number of rotatable bonds is 17. The molecule has 7 aromatic rings. The SMILES string of the molecule is C=C.C=CCOc1ccccc1[C@@](C)(C=C)N(C(/C=C\Cc1cc(-c2ccccc2)cc(-c2ccc(N(C3=C/C(=C)C(=C/C)/C(=C\C)N(c4ccccc4)/C=C\3)c3ccccc3)cc2)c1)=C/C)c1ccccc1.CC. The number of benzene rings is 7. The van der Waals surface area contributed by atoms with Crippen LogP contribution in [-0.4, -0.2) is 6.61 Å². The molecule has 1 aliphatic rings. The first-order chi connectivity index (χ1) is 36.8. The Labute approximate surface area is 449 Å². The smallest absolute Gasteiger partial charge is 0.125 e. The maximum absolute atomic E-state index is 6.23. The molecular weight excluding hydrogens is 911 g/mol. The van der Waals surface area contributed by atoms with Gasteiger partial charge in [0.2, 0.25) is 0 Å². The van der Waals surface area contributed by atoms with Crippen LogP contribution >= 0.6 is 0 Å². The molecule has 1 aliphatic heterocycles. The van der Waals surface area contributed by atoms with E-state index in [1.54, 1.807) is 6.08 Å². The van der Waals surface area contributed by atoms with E-state index in [1.165, 1.54) is 16.7 Å². The average molecular weight is 984 g/mol. The lowest BCUT2D eigenvalue weighted by Crippen LogP contribution is -2.42. The Hall–Kier alpha value is -8.86. The second-order valence-corrected chi connectivity index (χ2v) is 17.4. The fourth-order valence-electron chi connectivity index (χ4n) is 9.37. The molecule has 75 heavy (non-hydrogen) atoms. The van der Waals surface area contributed by atoms with Crippen molar-refractivity contribution in [3.05, 3.63) is 321 Å². The van der Waals surface area contributed by atoms with E-state index >= 15 is 0 Å². The predicted octanol–water partition coefficient (Wildman–Crippen LogP) is 19.5. The zero-order chi connectivity index (χ0) is 53.6. The van der Waals surface area contributed by atoms with E-state index in [0.29, 0.717) is 13.0 Å². The second-order valence-electron chi connectivity index (χ2n) is 17.4. The molecule has 4 nitrogen and oxygen atoms in total. The summed E-state index contributed by atoms with van der Waals surface area (Å²) in [7, 11) is 0. The summed E-state index contributed by atoms with van der Waals surface area (Å²) in [5.41, 5.74) is 15.5. The number of allylic oxidation sites excluding steroid dienone is 8. The van der Waals surface area contributed by atoms with E-state index in [4.69, 9.17) is 4.74 Å². The summed E-state index contributed by atoms with van der Waals surface area (Å²) in [6, 6.07) is 66.3. The van der Waals surface area contributed by atoms with Crippen LogP contribution in [0.15, 0.2) is 310 Å². The maximum atomic E-state index is 6.23. The quantitative estimate of drug-likeness (QED) is 0.0668. The minimum atomic E-state index is -0.668. The molecule has 0 saturated carbocycles. The Kier molecular flexibility index (Phi) is 20.6. The van der Waals surface area contributed by atoms with Crippen molar-refractivity contribution in [1.29, 1.82) is 0 Å². The molecule has 0 unspecified atom stereocenters. The number of para-hydroxylation sites is 4. The predicted molar refractivity (Wildman–Crippen MR) is 327 cm³/mol. The highest BCUT2D eigenvalue weighted by Crippen LogP contribution is 2.42. The summed E-state index contributed by atoms with van der Waals surface area (Å²) < 4.78 is 6.23. The molecule has 0 aromatic heterocycles. The number of ether oxygens (including phenoxy) is 1. The minimum Gasteiger partial charge on any atom is -0.489 e. The number of nitrogens with zero attached hydrogens (tertiary/aromatic N) is 3. The van der Waals surface area contributed by atoms with Gasteiger partial charge in [-0.2, -0.15) is 0 Å². The molecule has 7 aromatic carbocycles. The highest BCUT2D eigenvalue weighted by Gasteiger charge is 2.35. The molecular formula is C71H73N3O. The first-order valence-corrected chi connectivity index (χ1v) is 25.9. The van der Waals surface area contributed by atoms with Crippen molar-refractivity contribution in [2.24, 2.45) is 0 Å². The van der Waals surface area contributed by atoms with Crippen molar-refractivity contribution in [2.45, 2.75) is 53.5 Å². The van der Waals surface area contributed by atoms with Gasteiger partial charge in [-0.15, -0.1) is 19.7 Å². The lowest BCUT2D eigenvalue weighted by Gasteiger charge is -2.42. The molecule has 0 saturated heterocycles. The van der Waals surface area contributed by atoms with E-state index in [0.717, 1.165) is 73.4 Å². The van der Waals surface area contributed by atoms with Crippen molar-refractivity contribution in [2.75, 3.05) is 21.3 Å². The van der Waals surface area contributed by atoms with Crippen LogP contribution in [0, 0.1) is 0 Å². The van der Waals surface area contributed by atoms with Gasteiger partial charge in [-0.3, -0.25) is 0 Å². The second kappa shape index (κ2) is 27.8. The molecule has 0 N–H and O–H groups in total. The Balaban J connectivity index is 0.00000223. The molecule has 1 heterocycles. The summed E-state index contributed by atoms with van der Waals surface area (Å²) in [4.78, 5) is 6.89. The molecule has 1 atom stereocenters. The van der Waals surface area contributed by atoms with E-state index in [2.05, 4.69) is 294 Å². The van der Waals surface area contributed by atoms with Gasteiger partial charge in [-0.05, 0) is 146 Å². The fraction of sp³-hybridized carbons (Fsp3) is 0.127. The molecule has 0 fully saturated rings. The van der Waals surface area contributed by atoms with Gasteiger partial charge in [-0.25, -0.2) is 0 Å². The van der Waals surface area contributed by atoms with Gasteiger partial charge in [-0.1, -0.05) is 191 Å². The summed E-state index contributed by atoms with van der Waals surface area (Å²) in [6.07, 6.45) is 22.0. The van der Waals surface area contributed by atoms with Crippen molar-refractivity contribution >= 4 is 22.7 Å². The lowest BCUT2D eigenvalue weighted by atomic mass is 9.87. The van der Waals surface area contributed by atoms with Crippen LogP contribution in [0.3, 0.4) is 0 Å². The highest BCUT2D eigenvalue weighted by atomic mass is 16.5. The van der Waals surface area contributed by atoms with Gasteiger partial charge in [0.05, 0.1) is 5.54 Å². The number of anilines is 4. The van der Waals surface area contributed by atoms with Crippen LogP contribution in [0.25, 0.3) is 22.3 Å². The lowest BCUT2D eigenvalue weighted by molar-refractivity contribution is 0.352. The molecule has 0 bridgehead atoms. The first-order valence-electron chi connectivity index (χ1n) is 25.9. The van der Waals surface area contributed by atoms with Crippen LogP contribution < -0.4 is 19.4 Å². The number of hydrogen-bond donors (Lipinski definition) is 0. The van der Waals surface area contributed by atoms with Crippen molar-refractivity contribution in [3.8, 4) is 28.0 Å². The third-order valence-electron chi connectivity index (χ3n) is 12.9. The molecule has 8 rings (SSSR count). The van der Waals surface area contributed by atoms with E-state index in [1.807, 2.05) is 38.1 Å². The van der Waals surface area contributed by atoms with Gasteiger partial charge >= 0.3 is 0 Å². The number of hydrogen-bond acceptors (Lipinski definition) is 4. The molecule has 0 spiro atoms. The van der Waals surface area contributed by atoms with Crippen molar-refractivity contribution in [3.63, 3.8) is 0 Å². The van der Waals surface area contributed by atoms with E-state index in [-0.39, 0.29) is 0 Å². The molecule has 0 amide bonds. The summed E-state index contributed by atoms with van der Waals surface area (Å²) >= 11 is 0. The Bertz CT molecular complexity index is 3160. The van der Waals surface area contributed by atoms with Crippen LogP contribution in [0.2, 0.25) is 0 Å². The standard InChI is InChI=1S/C67H63N3O.C2H6.C2H4/c1-8-46-71-66-39-26-25-38-64(66)67(7,12-5)70(61-35-23-16-24-36-61)57(9-2)37-27-28-52-48-55(53-29-17-13-18-30-53)50-56(49-52)54-40-42-60(43-41-54)69(59-33-21-15-22-34-59)62-44-45-68(58-31-19-14-20-32-58)65(11-4)63(10-3)51(6)47-62;2*1-2/h8-27,29-45,47-50H,1,5-6,28,46H2,2-4,7H3;1-2H3;1-2H2/b37-27-,45-44-,57-9+,62-47+,63-10-,65-11+;;/t67-;;/m1../s1. The van der Waals surface area contributed by atoms with E-state index < -0.39 is 5.54 Å². The highest BCUT2D eigenvalue weighted by molar-refractivity contribution is 5.79. The van der Waals surface area contributed by atoms with E-state index in [9.17, 15) is 0 Å². The third-order valence-corrected chi connectivity index (χ3v) is 12.9. The van der Waals surface area contributed by atoms with Gasteiger partial charge in [0.1, 0.15) is 12.4 Å². The Morgan fingerprint density at radius 1 is 0.627 bits per heavy atom. The first kappa shape index (κ1) is 55.5. The van der Waals surface area contributed by atoms with Crippen LogP contribution in [0.1, 0.15) is 52.7 Å². The van der Waals surface area contributed by atoms with Gasteiger partial charge in [0, 0.05) is 57.2 Å². The topological polar surface area (TPSA) is 19.0 Å². The van der Waals surface area contributed by atoms with Crippen molar-refractivity contribution < 1.29 is 4.74 Å².